The van der Waals surface area contributed by atoms with Crippen molar-refractivity contribution in [3.05, 3.63) is 82.7 Å². The molecule has 6 heteroatoms. The van der Waals surface area contributed by atoms with Crippen molar-refractivity contribution in [2.24, 2.45) is 0 Å². The second kappa shape index (κ2) is 9.77. The topological polar surface area (TPSA) is 86.9 Å². The summed E-state index contributed by atoms with van der Waals surface area (Å²) in [6, 6.07) is 18.7. The molecule has 2 amide bonds. The summed E-state index contributed by atoms with van der Waals surface area (Å²) in [4.78, 5) is 24.6. The Labute approximate surface area is 182 Å². The third-order valence-corrected chi connectivity index (χ3v) is 5.07. The van der Waals surface area contributed by atoms with Gasteiger partial charge >= 0.3 is 0 Å². The summed E-state index contributed by atoms with van der Waals surface area (Å²) in [6.45, 7) is 6.18. The minimum absolute atomic E-state index is 0.0149. The van der Waals surface area contributed by atoms with Crippen LogP contribution in [-0.2, 0) is 11.3 Å². The number of rotatable bonds is 7. The minimum atomic E-state index is -0.159. The Morgan fingerprint density at radius 2 is 1.81 bits per heavy atom. The molecule has 1 heterocycles. The lowest BCUT2D eigenvalue weighted by Gasteiger charge is -2.11. The van der Waals surface area contributed by atoms with Crippen molar-refractivity contribution in [2.75, 3.05) is 5.32 Å². The summed E-state index contributed by atoms with van der Waals surface area (Å²) in [5, 5.41) is 14.8. The fraction of sp³-hybridized carbons (Fsp3) is 0.240. The predicted octanol–water partition coefficient (Wildman–Crippen LogP) is 4.63. The molecule has 0 spiro atoms. The van der Waals surface area contributed by atoms with Crippen molar-refractivity contribution in [2.45, 2.75) is 40.2 Å². The van der Waals surface area contributed by atoms with Gasteiger partial charge in [0.2, 0.25) is 5.91 Å². The van der Waals surface area contributed by atoms with Gasteiger partial charge in [0.15, 0.2) is 0 Å². The smallest absolute Gasteiger partial charge is 0.253 e. The average Bonchev–Trinajstić information content (AvgIpc) is 3.06. The number of amides is 2. The van der Waals surface area contributed by atoms with Gasteiger partial charge < -0.3 is 15.2 Å². The number of carbonyl (C=O) groups excluding carboxylic acids is 2. The number of aryl methyl sites for hydroxylation is 1. The molecule has 158 valence electrons. The van der Waals surface area contributed by atoms with Crippen molar-refractivity contribution in [1.82, 2.24) is 9.88 Å². The lowest BCUT2D eigenvalue weighted by atomic mass is 10.1. The van der Waals surface area contributed by atoms with Crippen LogP contribution in [0.3, 0.4) is 0 Å². The zero-order valence-corrected chi connectivity index (χ0v) is 18.0. The standard InChI is InChI=1S/C25H26N4O2/c1-4-6-24(30)28-21-8-5-7-20(14-21)16-27-25(31)23-13-17(2)29(18(23)3)22-11-9-19(15-26)10-12-22/h5,7-14H,4,6,16H2,1-3H3,(H,27,31)(H,28,30). The quantitative estimate of drug-likeness (QED) is 0.591. The van der Waals surface area contributed by atoms with Gasteiger partial charge in [-0.1, -0.05) is 19.1 Å². The van der Waals surface area contributed by atoms with Crippen molar-refractivity contribution in [1.29, 1.82) is 5.26 Å². The maximum absolute atomic E-state index is 12.8. The Bertz CT molecular complexity index is 1140. The van der Waals surface area contributed by atoms with Crippen LogP contribution in [0.4, 0.5) is 5.69 Å². The maximum atomic E-state index is 12.8. The first kappa shape index (κ1) is 21.8. The molecule has 0 aliphatic rings. The second-order valence-corrected chi connectivity index (χ2v) is 7.46. The van der Waals surface area contributed by atoms with Crippen molar-refractivity contribution < 1.29 is 9.59 Å². The number of hydrogen-bond donors (Lipinski definition) is 2. The molecular formula is C25H26N4O2. The molecule has 2 N–H and O–H groups in total. The van der Waals surface area contributed by atoms with Crippen LogP contribution >= 0.6 is 0 Å². The number of benzene rings is 2. The van der Waals surface area contributed by atoms with Crippen molar-refractivity contribution >= 4 is 17.5 Å². The fourth-order valence-electron chi connectivity index (χ4n) is 3.56. The van der Waals surface area contributed by atoms with E-state index in [1.54, 1.807) is 12.1 Å². The molecule has 0 unspecified atom stereocenters. The van der Waals surface area contributed by atoms with Crippen LogP contribution in [0.1, 0.15) is 52.6 Å². The van der Waals surface area contributed by atoms with Gasteiger partial charge in [-0.3, -0.25) is 9.59 Å². The number of anilines is 1. The molecule has 0 saturated carbocycles. The molecule has 1 aromatic heterocycles. The van der Waals surface area contributed by atoms with E-state index in [4.69, 9.17) is 5.26 Å². The minimum Gasteiger partial charge on any atom is -0.348 e. The molecular weight excluding hydrogens is 388 g/mol. The van der Waals surface area contributed by atoms with E-state index in [1.165, 1.54) is 0 Å². The third-order valence-electron chi connectivity index (χ3n) is 5.07. The van der Waals surface area contributed by atoms with Crippen LogP contribution in [0.5, 0.6) is 0 Å². The van der Waals surface area contributed by atoms with Crippen LogP contribution in [0, 0.1) is 25.2 Å². The summed E-state index contributed by atoms with van der Waals surface area (Å²) in [5.41, 5.74) is 5.51. The largest absolute Gasteiger partial charge is 0.348 e. The summed E-state index contributed by atoms with van der Waals surface area (Å²) in [7, 11) is 0. The Balaban J connectivity index is 1.72. The molecule has 0 saturated heterocycles. The van der Waals surface area contributed by atoms with E-state index in [-0.39, 0.29) is 11.8 Å². The Kier molecular flexibility index (Phi) is 6.88. The van der Waals surface area contributed by atoms with E-state index in [2.05, 4.69) is 16.7 Å². The van der Waals surface area contributed by atoms with Gasteiger partial charge in [-0.25, -0.2) is 0 Å². The SMILES string of the molecule is CCCC(=O)Nc1cccc(CNC(=O)c2cc(C)n(-c3ccc(C#N)cc3)c2C)c1. The Morgan fingerprint density at radius 1 is 1.06 bits per heavy atom. The van der Waals surface area contributed by atoms with Crippen LogP contribution in [-0.4, -0.2) is 16.4 Å². The monoisotopic (exact) mass is 414 g/mol. The molecule has 0 fully saturated rings. The van der Waals surface area contributed by atoms with E-state index >= 15 is 0 Å². The van der Waals surface area contributed by atoms with E-state index in [9.17, 15) is 9.59 Å². The fourth-order valence-corrected chi connectivity index (χ4v) is 3.56. The highest BCUT2D eigenvalue weighted by atomic mass is 16.2. The average molecular weight is 415 g/mol. The van der Waals surface area contributed by atoms with E-state index < -0.39 is 0 Å². The van der Waals surface area contributed by atoms with Crippen LogP contribution in [0.2, 0.25) is 0 Å². The summed E-state index contributed by atoms with van der Waals surface area (Å²) >= 11 is 0. The highest BCUT2D eigenvalue weighted by Gasteiger charge is 2.16. The molecule has 3 rings (SSSR count). The molecule has 6 nitrogen and oxygen atoms in total. The second-order valence-electron chi connectivity index (χ2n) is 7.46. The van der Waals surface area contributed by atoms with Gasteiger partial charge in [0, 0.05) is 35.7 Å². The molecule has 0 aliphatic carbocycles. The third kappa shape index (κ3) is 5.20. The number of nitriles is 1. The number of carbonyl (C=O) groups is 2. The molecule has 31 heavy (non-hydrogen) atoms. The highest BCUT2D eigenvalue weighted by molar-refractivity contribution is 5.96. The number of aromatic nitrogens is 1. The zero-order valence-electron chi connectivity index (χ0n) is 18.0. The zero-order chi connectivity index (χ0) is 22.4. The molecule has 3 aromatic rings. The lowest BCUT2D eigenvalue weighted by Crippen LogP contribution is -2.23. The summed E-state index contributed by atoms with van der Waals surface area (Å²) in [5.74, 6) is -0.174. The highest BCUT2D eigenvalue weighted by Crippen LogP contribution is 2.21. The van der Waals surface area contributed by atoms with Gasteiger partial charge in [-0.2, -0.15) is 5.26 Å². The van der Waals surface area contributed by atoms with Crippen LogP contribution in [0.15, 0.2) is 54.6 Å². The normalized spacial score (nSPS) is 10.4. The van der Waals surface area contributed by atoms with Crippen LogP contribution < -0.4 is 10.6 Å². The number of nitrogens with one attached hydrogen (secondary N) is 2. The number of nitrogens with zero attached hydrogens (tertiary/aromatic N) is 2. The van der Waals surface area contributed by atoms with Gasteiger partial charge in [-0.05, 0) is 68.3 Å². The molecule has 2 aromatic carbocycles. The summed E-state index contributed by atoms with van der Waals surface area (Å²) in [6.07, 6.45) is 1.28. The van der Waals surface area contributed by atoms with Gasteiger partial charge in [-0.15, -0.1) is 0 Å². The summed E-state index contributed by atoms with van der Waals surface area (Å²) < 4.78 is 2.00. The van der Waals surface area contributed by atoms with Crippen molar-refractivity contribution in [3.8, 4) is 11.8 Å². The van der Waals surface area contributed by atoms with Gasteiger partial charge in [0.25, 0.3) is 5.91 Å². The molecule has 0 atom stereocenters. The van der Waals surface area contributed by atoms with E-state index in [0.29, 0.717) is 24.1 Å². The Hall–Kier alpha value is -3.85. The molecule has 0 radical (unpaired) electrons. The first-order valence-electron chi connectivity index (χ1n) is 10.3. The van der Waals surface area contributed by atoms with Crippen LogP contribution in [0.25, 0.3) is 5.69 Å². The first-order chi connectivity index (χ1) is 14.9. The molecule has 0 bridgehead atoms. The first-order valence-corrected chi connectivity index (χ1v) is 10.3. The lowest BCUT2D eigenvalue weighted by molar-refractivity contribution is -0.116. The predicted molar refractivity (Wildman–Crippen MR) is 121 cm³/mol. The van der Waals surface area contributed by atoms with E-state index in [0.717, 1.165) is 34.7 Å². The maximum Gasteiger partial charge on any atom is 0.253 e. The van der Waals surface area contributed by atoms with Gasteiger partial charge in [0.1, 0.15) is 0 Å². The van der Waals surface area contributed by atoms with E-state index in [1.807, 2.05) is 67.8 Å². The Morgan fingerprint density at radius 3 is 2.48 bits per heavy atom. The van der Waals surface area contributed by atoms with Gasteiger partial charge in [0.05, 0.1) is 17.2 Å². The molecule has 0 aliphatic heterocycles. The van der Waals surface area contributed by atoms with Crippen molar-refractivity contribution in [3.63, 3.8) is 0 Å². The number of hydrogen-bond acceptors (Lipinski definition) is 3.